The fraction of sp³-hybridized carbons (Fsp3) is 0.211. The third-order valence-corrected chi connectivity index (χ3v) is 4.32. The van der Waals surface area contributed by atoms with Crippen molar-refractivity contribution in [3.63, 3.8) is 0 Å². The molecule has 2 atom stereocenters. The van der Waals surface area contributed by atoms with Gasteiger partial charge < -0.3 is 14.0 Å². The molecule has 3 aromatic rings. The van der Waals surface area contributed by atoms with E-state index in [4.69, 9.17) is 9.47 Å². The first-order valence-electron chi connectivity index (χ1n) is 7.98. The van der Waals surface area contributed by atoms with Gasteiger partial charge in [-0.2, -0.15) is 0 Å². The van der Waals surface area contributed by atoms with Crippen LogP contribution in [-0.2, 0) is 21.3 Å². The monoisotopic (exact) mass is 335 g/mol. The zero-order valence-electron chi connectivity index (χ0n) is 13.9. The minimum Gasteiger partial charge on any atom is -0.467 e. The van der Waals surface area contributed by atoms with Crippen LogP contribution in [0.25, 0.3) is 11.0 Å². The summed E-state index contributed by atoms with van der Waals surface area (Å²) in [5, 5.41) is 0. The predicted octanol–water partition coefficient (Wildman–Crippen LogP) is 2.63. The van der Waals surface area contributed by atoms with Gasteiger partial charge in [-0.3, -0.25) is 0 Å². The minimum atomic E-state index is -0.782. The Bertz CT molecular complexity index is 962. The molecule has 1 aliphatic heterocycles. The van der Waals surface area contributed by atoms with Gasteiger partial charge in [0, 0.05) is 12.6 Å². The fourth-order valence-electron chi connectivity index (χ4n) is 3.04. The number of benzene rings is 2. The lowest BCUT2D eigenvalue weighted by atomic mass is 10.1. The Morgan fingerprint density at radius 3 is 2.56 bits per heavy atom. The maximum absolute atomic E-state index is 12.3. The number of carbonyl (C=O) groups excluding carboxylic acids is 1. The lowest BCUT2D eigenvalue weighted by Crippen LogP contribution is -2.27. The van der Waals surface area contributed by atoms with Crippen molar-refractivity contribution in [1.82, 2.24) is 9.55 Å². The number of esters is 1. The van der Waals surface area contributed by atoms with E-state index in [9.17, 15) is 4.79 Å². The zero-order chi connectivity index (χ0) is 17.4. The summed E-state index contributed by atoms with van der Waals surface area (Å²) in [5.41, 5.74) is 2.64. The van der Waals surface area contributed by atoms with Gasteiger partial charge in [-0.25, -0.2) is 14.8 Å². The molecule has 126 valence electrons. The number of imidazole rings is 1. The number of para-hydroxylation sites is 2. The van der Waals surface area contributed by atoms with Gasteiger partial charge in [-0.05, 0) is 24.3 Å². The molecule has 0 saturated carbocycles. The molecule has 0 aliphatic carbocycles. The third-order valence-electron chi connectivity index (χ3n) is 4.32. The van der Waals surface area contributed by atoms with Crippen LogP contribution in [0.2, 0.25) is 0 Å². The largest absolute Gasteiger partial charge is 0.467 e. The van der Waals surface area contributed by atoms with Gasteiger partial charge in [-0.1, -0.05) is 30.3 Å². The Hall–Kier alpha value is -3.15. The SMILES string of the molecule is COC(=O)C1N=C(c2ccccc2)OC1c1nc2ccccc2n1C. The lowest BCUT2D eigenvalue weighted by molar-refractivity contribution is -0.143. The van der Waals surface area contributed by atoms with Crippen LogP contribution >= 0.6 is 0 Å². The number of aryl methyl sites for hydroxylation is 1. The smallest absolute Gasteiger partial charge is 0.335 e. The highest BCUT2D eigenvalue weighted by molar-refractivity contribution is 5.98. The van der Waals surface area contributed by atoms with Gasteiger partial charge in [0.1, 0.15) is 0 Å². The summed E-state index contributed by atoms with van der Waals surface area (Å²) < 4.78 is 12.9. The van der Waals surface area contributed by atoms with E-state index in [2.05, 4.69) is 9.98 Å². The average Bonchev–Trinajstić information content (AvgIpc) is 3.24. The minimum absolute atomic E-state index is 0.424. The van der Waals surface area contributed by atoms with Crippen molar-refractivity contribution in [2.45, 2.75) is 12.1 Å². The normalized spacial score (nSPS) is 19.5. The van der Waals surface area contributed by atoms with Crippen molar-refractivity contribution in [3.8, 4) is 0 Å². The van der Waals surface area contributed by atoms with E-state index in [1.54, 1.807) is 0 Å². The lowest BCUT2D eigenvalue weighted by Gasteiger charge is -2.16. The van der Waals surface area contributed by atoms with E-state index < -0.39 is 18.1 Å². The van der Waals surface area contributed by atoms with E-state index in [0.29, 0.717) is 11.7 Å². The van der Waals surface area contributed by atoms with E-state index in [1.165, 1.54) is 7.11 Å². The number of hydrogen-bond donors (Lipinski definition) is 0. The van der Waals surface area contributed by atoms with Gasteiger partial charge in [0.05, 0.1) is 18.1 Å². The second-order valence-corrected chi connectivity index (χ2v) is 5.82. The Morgan fingerprint density at radius 2 is 1.84 bits per heavy atom. The number of rotatable bonds is 3. The van der Waals surface area contributed by atoms with Gasteiger partial charge in [0.25, 0.3) is 0 Å². The molecule has 6 heteroatoms. The first-order chi connectivity index (χ1) is 12.2. The molecule has 0 spiro atoms. The average molecular weight is 335 g/mol. The van der Waals surface area contributed by atoms with Crippen LogP contribution in [0.3, 0.4) is 0 Å². The Labute approximate surface area is 144 Å². The summed E-state index contributed by atoms with van der Waals surface area (Å²) in [4.78, 5) is 21.4. The molecule has 0 N–H and O–H groups in total. The number of ether oxygens (including phenoxy) is 2. The summed E-state index contributed by atoms with van der Waals surface area (Å²) in [6.07, 6.45) is -0.625. The molecule has 0 saturated heterocycles. The zero-order valence-corrected chi connectivity index (χ0v) is 13.9. The molecule has 4 rings (SSSR count). The summed E-state index contributed by atoms with van der Waals surface area (Å²) in [6.45, 7) is 0. The van der Waals surface area contributed by atoms with E-state index >= 15 is 0 Å². The van der Waals surface area contributed by atoms with E-state index in [-0.39, 0.29) is 0 Å². The Balaban J connectivity index is 1.77. The highest BCUT2D eigenvalue weighted by atomic mass is 16.5. The van der Waals surface area contributed by atoms with Crippen molar-refractivity contribution >= 4 is 22.9 Å². The molecule has 2 heterocycles. The van der Waals surface area contributed by atoms with Crippen LogP contribution in [-0.4, -0.2) is 34.6 Å². The van der Waals surface area contributed by atoms with Crippen molar-refractivity contribution < 1.29 is 14.3 Å². The summed E-state index contributed by atoms with van der Waals surface area (Å²) in [6, 6.07) is 16.5. The highest BCUT2D eigenvalue weighted by Gasteiger charge is 2.41. The quantitative estimate of drug-likeness (QED) is 0.690. The number of methoxy groups -OCH3 is 1. The summed E-state index contributed by atoms with van der Waals surface area (Å²) in [5.74, 6) is 0.627. The van der Waals surface area contributed by atoms with Crippen LogP contribution < -0.4 is 0 Å². The van der Waals surface area contributed by atoms with Crippen LogP contribution in [0.15, 0.2) is 59.6 Å². The molecule has 25 heavy (non-hydrogen) atoms. The summed E-state index contributed by atoms with van der Waals surface area (Å²) in [7, 11) is 3.26. The van der Waals surface area contributed by atoms with Crippen molar-refractivity contribution in [2.75, 3.05) is 7.11 Å². The molecule has 0 fully saturated rings. The molecule has 2 unspecified atom stereocenters. The molecule has 1 aliphatic rings. The van der Waals surface area contributed by atoms with Crippen LogP contribution in [0.5, 0.6) is 0 Å². The molecule has 0 radical (unpaired) electrons. The number of hydrogen-bond acceptors (Lipinski definition) is 5. The van der Waals surface area contributed by atoms with Gasteiger partial charge >= 0.3 is 5.97 Å². The molecule has 2 aromatic carbocycles. The van der Waals surface area contributed by atoms with Crippen molar-refractivity contribution in [1.29, 1.82) is 0 Å². The number of aromatic nitrogens is 2. The Morgan fingerprint density at radius 1 is 1.12 bits per heavy atom. The maximum atomic E-state index is 12.3. The Kier molecular flexibility index (Phi) is 3.72. The molecular weight excluding hydrogens is 318 g/mol. The molecule has 0 bridgehead atoms. The number of carbonyl (C=O) groups is 1. The number of fused-ring (bicyclic) bond motifs is 1. The van der Waals surface area contributed by atoms with Crippen molar-refractivity contribution in [3.05, 3.63) is 66.0 Å². The second-order valence-electron chi connectivity index (χ2n) is 5.82. The van der Waals surface area contributed by atoms with Crippen molar-refractivity contribution in [2.24, 2.45) is 12.0 Å². The molecule has 6 nitrogen and oxygen atoms in total. The van der Waals surface area contributed by atoms with Crippen LogP contribution in [0, 0.1) is 0 Å². The van der Waals surface area contributed by atoms with Crippen LogP contribution in [0.4, 0.5) is 0 Å². The van der Waals surface area contributed by atoms with Crippen LogP contribution in [0.1, 0.15) is 17.5 Å². The molecular formula is C19H17N3O3. The standard InChI is InChI=1S/C19H17N3O3/c1-22-14-11-7-6-10-13(14)20-17(22)16-15(19(23)24-2)21-18(25-16)12-8-4-3-5-9-12/h3-11,15-16H,1-2H3. The summed E-state index contributed by atoms with van der Waals surface area (Å²) >= 11 is 0. The highest BCUT2D eigenvalue weighted by Crippen LogP contribution is 2.32. The molecule has 1 aromatic heterocycles. The fourth-order valence-corrected chi connectivity index (χ4v) is 3.04. The van der Waals surface area contributed by atoms with E-state index in [1.807, 2.05) is 66.2 Å². The first-order valence-corrected chi connectivity index (χ1v) is 7.98. The van der Waals surface area contributed by atoms with Gasteiger partial charge in [-0.15, -0.1) is 0 Å². The predicted molar refractivity (Wildman–Crippen MR) is 93.3 cm³/mol. The van der Waals surface area contributed by atoms with Gasteiger partial charge in [0.2, 0.25) is 5.90 Å². The van der Waals surface area contributed by atoms with E-state index in [0.717, 1.165) is 16.6 Å². The maximum Gasteiger partial charge on any atom is 0.335 e. The third kappa shape index (κ3) is 2.55. The second kappa shape index (κ2) is 6.05. The molecule has 0 amide bonds. The van der Waals surface area contributed by atoms with Gasteiger partial charge in [0.15, 0.2) is 18.0 Å². The first kappa shape index (κ1) is 15.4. The number of aliphatic imine (C=N–C) groups is 1. The topological polar surface area (TPSA) is 65.7 Å². The number of nitrogens with zero attached hydrogens (tertiary/aromatic N) is 3.